The van der Waals surface area contributed by atoms with Crippen LogP contribution in [-0.2, 0) is 19.3 Å². The van der Waals surface area contributed by atoms with E-state index < -0.39 is 0 Å². The third kappa shape index (κ3) is 2.25. The van der Waals surface area contributed by atoms with Crippen molar-refractivity contribution in [2.75, 3.05) is 0 Å². The molecule has 0 bridgehead atoms. The zero-order valence-electron chi connectivity index (χ0n) is 11.1. The first-order valence-corrected chi connectivity index (χ1v) is 8.01. The number of aryl methyl sites for hydroxylation is 1. The summed E-state index contributed by atoms with van der Waals surface area (Å²) in [4.78, 5) is 21.1. The average molecular weight is 307 g/mol. The first-order chi connectivity index (χ1) is 9.70. The molecule has 0 aliphatic rings. The molecular formula is C12H13N5OS2. The Balaban J connectivity index is 1.98. The molecule has 0 aromatic carbocycles. The number of thiophene rings is 1. The summed E-state index contributed by atoms with van der Waals surface area (Å²) in [6, 6.07) is 1.88. The van der Waals surface area contributed by atoms with Crippen molar-refractivity contribution in [3.8, 4) is 0 Å². The summed E-state index contributed by atoms with van der Waals surface area (Å²) in [5, 5.41) is 6.66. The van der Waals surface area contributed by atoms with Crippen LogP contribution in [0.3, 0.4) is 0 Å². The highest BCUT2D eigenvalue weighted by molar-refractivity contribution is 7.98. The van der Waals surface area contributed by atoms with E-state index in [4.69, 9.17) is 0 Å². The van der Waals surface area contributed by atoms with E-state index in [0.29, 0.717) is 12.3 Å². The van der Waals surface area contributed by atoms with Crippen molar-refractivity contribution in [2.24, 2.45) is 7.05 Å². The van der Waals surface area contributed by atoms with Gasteiger partial charge in [0.15, 0.2) is 5.16 Å². The standard InChI is InChI=1S/C12H13N5OS2/c1-3-17-11(18)10-8(4-5-19-10)15-12(17)20-6-9-13-7-14-16(9)2/h4-5,7H,3,6H2,1-2H3. The fourth-order valence-corrected chi connectivity index (χ4v) is 3.72. The molecule has 0 fully saturated rings. The highest BCUT2D eigenvalue weighted by Crippen LogP contribution is 2.22. The van der Waals surface area contributed by atoms with Gasteiger partial charge >= 0.3 is 0 Å². The molecule has 0 atom stereocenters. The van der Waals surface area contributed by atoms with Crippen LogP contribution in [0, 0.1) is 0 Å². The second kappa shape index (κ2) is 5.37. The molecule has 3 aromatic rings. The Morgan fingerprint density at radius 3 is 3.00 bits per heavy atom. The Hall–Kier alpha value is -1.67. The summed E-state index contributed by atoms with van der Waals surface area (Å²) in [6.07, 6.45) is 1.53. The Labute approximate surface area is 123 Å². The molecule has 6 nitrogen and oxygen atoms in total. The normalized spacial score (nSPS) is 11.3. The van der Waals surface area contributed by atoms with Gasteiger partial charge in [0, 0.05) is 13.6 Å². The summed E-state index contributed by atoms with van der Waals surface area (Å²) in [5.74, 6) is 1.50. The molecule has 0 aliphatic carbocycles. The zero-order valence-corrected chi connectivity index (χ0v) is 12.7. The minimum Gasteiger partial charge on any atom is -0.287 e. The van der Waals surface area contributed by atoms with Gasteiger partial charge in [-0.15, -0.1) is 11.3 Å². The largest absolute Gasteiger partial charge is 0.287 e. The van der Waals surface area contributed by atoms with Crippen LogP contribution in [0.2, 0.25) is 0 Å². The van der Waals surface area contributed by atoms with Crippen molar-refractivity contribution in [3.63, 3.8) is 0 Å². The highest BCUT2D eigenvalue weighted by atomic mass is 32.2. The van der Waals surface area contributed by atoms with E-state index >= 15 is 0 Å². The van der Waals surface area contributed by atoms with Gasteiger partial charge in [0.1, 0.15) is 16.9 Å². The summed E-state index contributed by atoms with van der Waals surface area (Å²) in [6.45, 7) is 2.57. The monoisotopic (exact) mass is 307 g/mol. The number of thioether (sulfide) groups is 1. The predicted octanol–water partition coefficient (Wildman–Crippen LogP) is 1.90. The lowest BCUT2D eigenvalue weighted by Gasteiger charge is -2.09. The molecule has 0 radical (unpaired) electrons. The molecule has 104 valence electrons. The fourth-order valence-electron chi connectivity index (χ4n) is 1.89. The van der Waals surface area contributed by atoms with E-state index in [-0.39, 0.29) is 5.56 Å². The second-order valence-corrected chi connectivity index (χ2v) is 6.03. The van der Waals surface area contributed by atoms with Crippen molar-refractivity contribution >= 4 is 33.3 Å². The van der Waals surface area contributed by atoms with Crippen LogP contribution < -0.4 is 5.56 Å². The number of aromatic nitrogens is 5. The Kier molecular flexibility index (Phi) is 3.58. The van der Waals surface area contributed by atoms with Crippen LogP contribution in [0.25, 0.3) is 10.2 Å². The third-order valence-electron chi connectivity index (χ3n) is 2.98. The molecule has 0 saturated heterocycles. The van der Waals surface area contributed by atoms with Crippen molar-refractivity contribution in [1.29, 1.82) is 0 Å². The number of nitrogens with zero attached hydrogens (tertiary/aromatic N) is 5. The predicted molar refractivity (Wildman–Crippen MR) is 80.1 cm³/mol. The van der Waals surface area contributed by atoms with E-state index in [2.05, 4.69) is 15.1 Å². The molecule has 3 aromatic heterocycles. The Bertz CT molecular complexity index is 804. The first kappa shape index (κ1) is 13.3. The van der Waals surface area contributed by atoms with Crippen molar-refractivity contribution in [3.05, 3.63) is 34.0 Å². The molecule has 0 N–H and O–H groups in total. The van der Waals surface area contributed by atoms with Gasteiger partial charge in [-0.2, -0.15) is 5.10 Å². The van der Waals surface area contributed by atoms with Gasteiger partial charge in [-0.1, -0.05) is 11.8 Å². The smallest absolute Gasteiger partial charge is 0.272 e. The van der Waals surface area contributed by atoms with Gasteiger partial charge in [0.25, 0.3) is 5.56 Å². The van der Waals surface area contributed by atoms with Crippen LogP contribution >= 0.6 is 23.1 Å². The van der Waals surface area contributed by atoms with Crippen molar-refractivity contribution in [1.82, 2.24) is 24.3 Å². The molecular weight excluding hydrogens is 294 g/mol. The van der Waals surface area contributed by atoms with E-state index in [1.165, 1.54) is 29.4 Å². The maximum absolute atomic E-state index is 12.4. The average Bonchev–Trinajstić information content (AvgIpc) is 3.05. The van der Waals surface area contributed by atoms with Gasteiger partial charge in [-0.05, 0) is 18.4 Å². The zero-order chi connectivity index (χ0) is 14.1. The molecule has 0 spiro atoms. The number of hydrogen-bond donors (Lipinski definition) is 0. The van der Waals surface area contributed by atoms with E-state index in [1.807, 2.05) is 25.4 Å². The topological polar surface area (TPSA) is 65.6 Å². The van der Waals surface area contributed by atoms with Gasteiger partial charge in [-0.25, -0.2) is 9.97 Å². The van der Waals surface area contributed by atoms with Gasteiger partial charge in [-0.3, -0.25) is 14.0 Å². The molecule has 8 heteroatoms. The minimum atomic E-state index is 0.0352. The molecule has 20 heavy (non-hydrogen) atoms. The maximum atomic E-state index is 12.4. The molecule has 3 rings (SSSR count). The SMILES string of the molecule is CCn1c(SCc2ncnn2C)nc2ccsc2c1=O. The highest BCUT2D eigenvalue weighted by Gasteiger charge is 2.12. The summed E-state index contributed by atoms with van der Waals surface area (Å²) < 4.78 is 4.15. The van der Waals surface area contributed by atoms with Crippen LogP contribution in [0.15, 0.2) is 27.7 Å². The van der Waals surface area contributed by atoms with Crippen LogP contribution in [0.1, 0.15) is 12.7 Å². The number of fused-ring (bicyclic) bond motifs is 1. The van der Waals surface area contributed by atoms with E-state index in [1.54, 1.807) is 9.25 Å². The van der Waals surface area contributed by atoms with Gasteiger partial charge in [0.2, 0.25) is 0 Å². The molecule has 3 heterocycles. The maximum Gasteiger partial charge on any atom is 0.272 e. The first-order valence-electron chi connectivity index (χ1n) is 6.14. The minimum absolute atomic E-state index is 0.0352. The number of rotatable bonds is 4. The number of hydrogen-bond acceptors (Lipinski definition) is 6. The Morgan fingerprint density at radius 1 is 1.45 bits per heavy atom. The Morgan fingerprint density at radius 2 is 2.30 bits per heavy atom. The lowest BCUT2D eigenvalue weighted by Crippen LogP contribution is -2.21. The van der Waals surface area contributed by atoms with Crippen LogP contribution in [-0.4, -0.2) is 24.3 Å². The second-order valence-electron chi connectivity index (χ2n) is 4.17. The van der Waals surface area contributed by atoms with Crippen molar-refractivity contribution < 1.29 is 0 Å². The van der Waals surface area contributed by atoms with E-state index in [0.717, 1.165) is 21.2 Å². The van der Waals surface area contributed by atoms with Gasteiger partial charge in [0.05, 0.1) is 11.3 Å². The summed E-state index contributed by atoms with van der Waals surface area (Å²) in [7, 11) is 1.85. The third-order valence-corrected chi connectivity index (χ3v) is 4.85. The molecule has 0 amide bonds. The summed E-state index contributed by atoms with van der Waals surface area (Å²) >= 11 is 2.95. The fraction of sp³-hybridized carbons (Fsp3) is 0.333. The molecule has 0 saturated carbocycles. The van der Waals surface area contributed by atoms with Gasteiger partial charge < -0.3 is 0 Å². The molecule has 0 unspecified atom stereocenters. The quantitative estimate of drug-likeness (QED) is 0.544. The lowest BCUT2D eigenvalue weighted by atomic mass is 10.5. The molecule has 0 aliphatic heterocycles. The van der Waals surface area contributed by atoms with Crippen molar-refractivity contribution in [2.45, 2.75) is 24.4 Å². The van der Waals surface area contributed by atoms with Crippen LogP contribution in [0.5, 0.6) is 0 Å². The lowest BCUT2D eigenvalue weighted by molar-refractivity contribution is 0.634. The summed E-state index contributed by atoms with van der Waals surface area (Å²) in [5.41, 5.74) is 0.804. The van der Waals surface area contributed by atoms with Crippen LogP contribution in [0.4, 0.5) is 0 Å². The van der Waals surface area contributed by atoms with E-state index in [9.17, 15) is 4.79 Å².